The van der Waals surface area contributed by atoms with Gasteiger partial charge >= 0.3 is 0 Å². The van der Waals surface area contributed by atoms with Crippen LogP contribution in [0, 0.1) is 12.3 Å². The second-order valence-corrected chi connectivity index (χ2v) is 5.64. The van der Waals surface area contributed by atoms with E-state index in [0.717, 1.165) is 16.9 Å². The zero-order valence-electron chi connectivity index (χ0n) is 13.1. The number of carbonyl (C=O) groups excluding carboxylic acids is 1. The van der Waals surface area contributed by atoms with Crippen molar-refractivity contribution in [1.29, 1.82) is 0 Å². The number of fused-ring (bicyclic) bond motifs is 1. The Bertz CT molecular complexity index is 625. The Morgan fingerprint density at radius 1 is 1.32 bits per heavy atom. The molecular weight excluding hydrogens is 323 g/mol. The smallest absolute Gasteiger partial charge is 0.226 e. The van der Waals surface area contributed by atoms with Crippen molar-refractivity contribution in [2.45, 2.75) is 27.3 Å². The minimum absolute atomic E-state index is 0. The van der Waals surface area contributed by atoms with Gasteiger partial charge in [0.1, 0.15) is 5.82 Å². The van der Waals surface area contributed by atoms with Gasteiger partial charge in [-0.15, -0.1) is 24.8 Å². The molecular formula is C15H24Cl2N4O. The van der Waals surface area contributed by atoms with E-state index in [2.05, 4.69) is 14.9 Å². The number of amides is 1. The maximum atomic E-state index is 12.0. The highest BCUT2D eigenvalue weighted by atomic mass is 35.5. The highest BCUT2D eigenvalue weighted by molar-refractivity contribution is 5.85. The molecule has 0 aliphatic carbocycles. The number of benzene rings is 1. The number of nitrogens with one attached hydrogen (secondary N) is 1. The SMILES string of the molecule is Cc1nc2ccccc2n1CCNC(=O)C(C)(C)CN.Cl.Cl. The van der Waals surface area contributed by atoms with Crippen molar-refractivity contribution >= 4 is 41.8 Å². The number of hydrogen-bond acceptors (Lipinski definition) is 3. The highest BCUT2D eigenvalue weighted by Gasteiger charge is 2.25. The summed E-state index contributed by atoms with van der Waals surface area (Å²) >= 11 is 0. The van der Waals surface area contributed by atoms with E-state index in [1.54, 1.807) is 0 Å². The fourth-order valence-electron chi connectivity index (χ4n) is 2.09. The normalized spacial score (nSPS) is 10.7. The van der Waals surface area contributed by atoms with Crippen molar-refractivity contribution < 1.29 is 4.79 Å². The Kier molecular flexibility index (Phi) is 7.87. The third-order valence-electron chi connectivity index (χ3n) is 3.59. The van der Waals surface area contributed by atoms with E-state index < -0.39 is 5.41 Å². The third-order valence-corrected chi connectivity index (χ3v) is 3.59. The Balaban J connectivity index is 0.00000220. The summed E-state index contributed by atoms with van der Waals surface area (Å²) in [4.78, 5) is 16.5. The summed E-state index contributed by atoms with van der Waals surface area (Å²) in [6, 6.07) is 8.01. The minimum atomic E-state index is -0.522. The van der Waals surface area contributed by atoms with E-state index >= 15 is 0 Å². The quantitative estimate of drug-likeness (QED) is 0.872. The molecule has 7 heteroatoms. The van der Waals surface area contributed by atoms with Gasteiger partial charge in [-0.2, -0.15) is 0 Å². The lowest BCUT2D eigenvalue weighted by Crippen LogP contribution is -2.42. The van der Waals surface area contributed by atoms with Crippen LogP contribution in [0.25, 0.3) is 11.0 Å². The van der Waals surface area contributed by atoms with Crippen molar-refractivity contribution in [3.63, 3.8) is 0 Å². The summed E-state index contributed by atoms with van der Waals surface area (Å²) in [5, 5.41) is 2.94. The molecule has 0 aliphatic rings. The number of aryl methyl sites for hydroxylation is 1. The number of aromatic nitrogens is 2. The number of carbonyl (C=O) groups is 1. The number of halogens is 2. The maximum absolute atomic E-state index is 12.0. The van der Waals surface area contributed by atoms with E-state index in [4.69, 9.17) is 5.73 Å². The molecule has 0 atom stereocenters. The number of nitrogens with two attached hydrogens (primary N) is 1. The van der Waals surface area contributed by atoms with Crippen molar-refractivity contribution in [3.05, 3.63) is 30.1 Å². The summed E-state index contributed by atoms with van der Waals surface area (Å²) < 4.78 is 2.12. The third kappa shape index (κ3) is 4.35. The Morgan fingerprint density at radius 3 is 2.59 bits per heavy atom. The van der Waals surface area contributed by atoms with Gasteiger partial charge in [-0.3, -0.25) is 4.79 Å². The molecule has 2 aromatic rings. The maximum Gasteiger partial charge on any atom is 0.226 e. The predicted octanol–water partition coefficient (Wildman–Crippen LogP) is 2.29. The molecule has 2 rings (SSSR count). The van der Waals surface area contributed by atoms with E-state index in [-0.39, 0.29) is 30.7 Å². The molecule has 0 radical (unpaired) electrons. The molecule has 3 N–H and O–H groups in total. The number of rotatable bonds is 5. The summed E-state index contributed by atoms with van der Waals surface area (Å²) in [7, 11) is 0. The van der Waals surface area contributed by atoms with Gasteiger partial charge in [-0.25, -0.2) is 4.98 Å². The van der Waals surface area contributed by atoms with Gasteiger partial charge in [0, 0.05) is 19.6 Å². The van der Waals surface area contributed by atoms with Crippen LogP contribution in [0.2, 0.25) is 0 Å². The number of imidazole rings is 1. The van der Waals surface area contributed by atoms with Crippen LogP contribution >= 0.6 is 24.8 Å². The molecule has 22 heavy (non-hydrogen) atoms. The molecule has 5 nitrogen and oxygen atoms in total. The number of para-hydroxylation sites is 2. The lowest BCUT2D eigenvalue weighted by Gasteiger charge is -2.21. The fourth-order valence-corrected chi connectivity index (χ4v) is 2.09. The average Bonchev–Trinajstić information content (AvgIpc) is 2.75. The number of hydrogen-bond donors (Lipinski definition) is 2. The summed E-state index contributed by atoms with van der Waals surface area (Å²) in [5.41, 5.74) is 7.15. The first-order valence-corrected chi connectivity index (χ1v) is 6.86. The fraction of sp³-hybridized carbons (Fsp3) is 0.467. The summed E-state index contributed by atoms with van der Waals surface area (Å²) in [6.45, 7) is 7.29. The van der Waals surface area contributed by atoms with Crippen molar-refractivity contribution in [1.82, 2.24) is 14.9 Å². The lowest BCUT2D eigenvalue weighted by molar-refractivity contribution is -0.128. The highest BCUT2D eigenvalue weighted by Crippen LogP contribution is 2.15. The van der Waals surface area contributed by atoms with E-state index in [9.17, 15) is 4.79 Å². The Morgan fingerprint density at radius 2 is 1.95 bits per heavy atom. The largest absolute Gasteiger partial charge is 0.354 e. The topological polar surface area (TPSA) is 72.9 Å². The standard InChI is InChI=1S/C15H22N4O.2ClH/c1-11-18-12-6-4-5-7-13(12)19(11)9-8-17-14(20)15(2,3)10-16;;/h4-7H,8-10,16H2,1-3H3,(H,17,20);2*1H. The van der Waals surface area contributed by atoms with Crippen molar-refractivity contribution in [3.8, 4) is 0 Å². The van der Waals surface area contributed by atoms with Crippen LogP contribution in [0.1, 0.15) is 19.7 Å². The van der Waals surface area contributed by atoms with Crippen LogP contribution in [0.4, 0.5) is 0 Å². The molecule has 1 amide bonds. The molecule has 0 bridgehead atoms. The molecule has 0 spiro atoms. The number of nitrogens with zero attached hydrogens (tertiary/aromatic N) is 2. The molecule has 0 fully saturated rings. The first kappa shape index (κ1) is 20.7. The molecule has 0 saturated carbocycles. The van der Waals surface area contributed by atoms with Crippen molar-refractivity contribution in [2.75, 3.05) is 13.1 Å². The Labute approximate surface area is 143 Å². The Hall–Kier alpha value is -1.30. The summed E-state index contributed by atoms with van der Waals surface area (Å²) in [6.07, 6.45) is 0. The van der Waals surface area contributed by atoms with Crippen LogP contribution < -0.4 is 11.1 Å². The zero-order valence-corrected chi connectivity index (χ0v) is 14.8. The lowest BCUT2D eigenvalue weighted by atomic mass is 9.93. The van der Waals surface area contributed by atoms with Crippen LogP contribution in [0.5, 0.6) is 0 Å². The second-order valence-electron chi connectivity index (χ2n) is 5.64. The molecule has 124 valence electrons. The van der Waals surface area contributed by atoms with Crippen molar-refractivity contribution in [2.24, 2.45) is 11.1 Å². The molecule has 1 heterocycles. The van der Waals surface area contributed by atoms with E-state index in [1.165, 1.54) is 0 Å². The monoisotopic (exact) mass is 346 g/mol. The molecule has 1 aromatic heterocycles. The average molecular weight is 347 g/mol. The second kappa shape index (κ2) is 8.36. The van der Waals surface area contributed by atoms with Crippen LogP contribution in [0.15, 0.2) is 24.3 Å². The molecule has 0 saturated heterocycles. The molecule has 0 aliphatic heterocycles. The first-order chi connectivity index (χ1) is 9.45. The van der Waals surface area contributed by atoms with Gasteiger partial charge in [-0.05, 0) is 32.9 Å². The van der Waals surface area contributed by atoms with Gasteiger partial charge in [0.25, 0.3) is 0 Å². The zero-order chi connectivity index (χ0) is 14.8. The minimum Gasteiger partial charge on any atom is -0.354 e. The van der Waals surface area contributed by atoms with E-state index in [1.807, 2.05) is 45.0 Å². The van der Waals surface area contributed by atoms with Gasteiger partial charge in [0.05, 0.1) is 16.4 Å². The summed E-state index contributed by atoms with van der Waals surface area (Å²) in [5.74, 6) is 0.945. The van der Waals surface area contributed by atoms with Gasteiger partial charge < -0.3 is 15.6 Å². The van der Waals surface area contributed by atoms with E-state index in [0.29, 0.717) is 19.6 Å². The van der Waals surface area contributed by atoms with Gasteiger partial charge in [0.15, 0.2) is 0 Å². The van der Waals surface area contributed by atoms with Gasteiger partial charge in [0.2, 0.25) is 5.91 Å². The molecule has 1 aromatic carbocycles. The van der Waals surface area contributed by atoms with Crippen LogP contribution in [0.3, 0.4) is 0 Å². The molecule has 0 unspecified atom stereocenters. The first-order valence-electron chi connectivity index (χ1n) is 6.86. The van der Waals surface area contributed by atoms with Crippen LogP contribution in [-0.2, 0) is 11.3 Å². The van der Waals surface area contributed by atoms with Gasteiger partial charge in [-0.1, -0.05) is 12.1 Å². The predicted molar refractivity (Wildman–Crippen MR) is 94.8 cm³/mol. The van der Waals surface area contributed by atoms with Crippen LogP contribution in [-0.4, -0.2) is 28.5 Å².